The Balaban J connectivity index is 1.46. The highest BCUT2D eigenvalue weighted by molar-refractivity contribution is 5.80. The lowest BCUT2D eigenvalue weighted by Crippen LogP contribution is -2.33. The number of nitrogens with zero attached hydrogens (tertiary/aromatic N) is 4. The van der Waals surface area contributed by atoms with E-state index in [0.29, 0.717) is 32.0 Å². The average molecular weight is 435 g/mol. The second kappa shape index (κ2) is 10.7. The molecule has 1 atom stereocenters. The summed E-state index contributed by atoms with van der Waals surface area (Å²) >= 11 is 0. The molecule has 1 aromatic carbocycles. The molecule has 0 bridgehead atoms. The van der Waals surface area contributed by atoms with Crippen molar-refractivity contribution in [3.8, 4) is 11.8 Å². The summed E-state index contributed by atoms with van der Waals surface area (Å²) in [6.45, 7) is 4.50. The molecule has 32 heavy (non-hydrogen) atoms. The minimum absolute atomic E-state index is 0.134. The molecule has 2 aromatic heterocycles. The summed E-state index contributed by atoms with van der Waals surface area (Å²) in [5.74, 6) is 0.672. The first kappa shape index (κ1) is 21.7. The predicted molar refractivity (Wildman–Crippen MR) is 121 cm³/mol. The predicted octanol–water partition coefficient (Wildman–Crippen LogP) is 2.61. The summed E-state index contributed by atoms with van der Waals surface area (Å²) in [6.07, 6.45) is 5.26. The largest absolute Gasteiger partial charge is 0.506 e. The van der Waals surface area contributed by atoms with Crippen LogP contribution in [-0.2, 0) is 11.2 Å². The van der Waals surface area contributed by atoms with Crippen molar-refractivity contribution in [2.75, 3.05) is 31.7 Å². The van der Waals surface area contributed by atoms with Gasteiger partial charge in [-0.15, -0.1) is 0 Å². The molecule has 166 valence electrons. The number of aromatic hydroxyl groups is 1. The summed E-state index contributed by atoms with van der Waals surface area (Å²) in [7, 11) is 0. The lowest BCUT2D eigenvalue weighted by Gasteiger charge is -2.24. The van der Waals surface area contributed by atoms with E-state index < -0.39 is 0 Å². The van der Waals surface area contributed by atoms with Crippen molar-refractivity contribution in [2.45, 2.75) is 19.4 Å². The lowest BCUT2D eigenvalue weighted by atomic mass is 10.1. The van der Waals surface area contributed by atoms with Crippen molar-refractivity contribution >= 4 is 12.0 Å². The Morgan fingerprint density at radius 2 is 2.22 bits per heavy atom. The molecule has 1 aliphatic rings. The van der Waals surface area contributed by atoms with Crippen LogP contribution in [0, 0.1) is 6.92 Å². The Hall–Kier alpha value is -3.56. The molecule has 3 N–H and O–H groups in total. The molecule has 9 nitrogen and oxygen atoms in total. The Bertz CT molecular complexity index is 1050. The zero-order chi connectivity index (χ0) is 22.2. The number of nitrogens with one attached hydrogen (secondary N) is 2. The van der Waals surface area contributed by atoms with Gasteiger partial charge in [0.2, 0.25) is 0 Å². The van der Waals surface area contributed by atoms with Crippen LogP contribution in [0.25, 0.3) is 0 Å². The molecule has 9 heteroatoms. The van der Waals surface area contributed by atoms with Crippen molar-refractivity contribution < 1.29 is 14.6 Å². The zero-order valence-corrected chi connectivity index (χ0v) is 17.9. The van der Waals surface area contributed by atoms with Crippen LogP contribution in [0.3, 0.4) is 0 Å². The van der Waals surface area contributed by atoms with E-state index in [1.54, 1.807) is 24.5 Å². The fourth-order valence-corrected chi connectivity index (χ4v) is 3.26. The summed E-state index contributed by atoms with van der Waals surface area (Å²) in [5, 5.41) is 17.0. The van der Waals surface area contributed by atoms with Gasteiger partial charge in [0.1, 0.15) is 11.9 Å². The van der Waals surface area contributed by atoms with Crippen LogP contribution in [0.1, 0.15) is 28.5 Å². The number of aryl methyl sites for hydroxylation is 1. The van der Waals surface area contributed by atoms with Gasteiger partial charge in [-0.2, -0.15) is 10.1 Å². The van der Waals surface area contributed by atoms with Gasteiger partial charge in [0, 0.05) is 37.0 Å². The third-order valence-electron chi connectivity index (χ3n) is 4.89. The first-order chi connectivity index (χ1) is 15.7. The third-order valence-corrected chi connectivity index (χ3v) is 4.89. The van der Waals surface area contributed by atoms with E-state index in [-0.39, 0.29) is 17.9 Å². The maximum atomic E-state index is 9.33. The van der Waals surface area contributed by atoms with Crippen LogP contribution in [-0.4, -0.2) is 52.6 Å². The molecule has 3 aromatic rings. The van der Waals surface area contributed by atoms with Gasteiger partial charge in [0.15, 0.2) is 5.82 Å². The van der Waals surface area contributed by atoms with Gasteiger partial charge in [-0.25, -0.2) is 4.98 Å². The van der Waals surface area contributed by atoms with Crippen LogP contribution in [0.4, 0.5) is 5.82 Å². The highest BCUT2D eigenvalue weighted by atomic mass is 16.5. The minimum Gasteiger partial charge on any atom is -0.506 e. The zero-order valence-electron chi connectivity index (χ0n) is 17.9. The Labute approximate surface area is 186 Å². The number of hydrogen-bond donors (Lipinski definition) is 3. The first-order valence-electron chi connectivity index (χ1n) is 10.5. The molecule has 1 saturated heterocycles. The number of hydrazone groups is 1. The molecule has 0 spiro atoms. The topological polar surface area (TPSA) is 114 Å². The number of pyridine rings is 1. The Morgan fingerprint density at radius 1 is 1.28 bits per heavy atom. The van der Waals surface area contributed by atoms with Crippen LogP contribution in [0.5, 0.6) is 11.8 Å². The van der Waals surface area contributed by atoms with Crippen molar-refractivity contribution in [2.24, 2.45) is 5.10 Å². The van der Waals surface area contributed by atoms with Gasteiger partial charge < -0.3 is 19.9 Å². The summed E-state index contributed by atoms with van der Waals surface area (Å²) in [4.78, 5) is 13.0. The van der Waals surface area contributed by atoms with Crippen molar-refractivity contribution in [1.82, 2.24) is 20.3 Å². The summed E-state index contributed by atoms with van der Waals surface area (Å²) < 4.78 is 11.6. The third kappa shape index (κ3) is 5.99. The van der Waals surface area contributed by atoms with Gasteiger partial charge >= 0.3 is 6.01 Å². The van der Waals surface area contributed by atoms with Gasteiger partial charge in [0.05, 0.1) is 25.6 Å². The molecule has 0 aliphatic carbocycles. The fourth-order valence-electron chi connectivity index (χ4n) is 3.26. The molecular formula is C23H26N6O3. The number of anilines is 1. The van der Waals surface area contributed by atoms with Crippen LogP contribution in [0.2, 0.25) is 0 Å². The molecule has 0 saturated carbocycles. The molecule has 1 fully saturated rings. The van der Waals surface area contributed by atoms with E-state index in [1.807, 2.05) is 31.2 Å². The van der Waals surface area contributed by atoms with Gasteiger partial charge in [-0.05, 0) is 24.6 Å². The second-order valence-electron chi connectivity index (χ2n) is 7.41. The second-order valence-corrected chi connectivity index (χ2v) is 7.41. The van der Waals surface area contributed by atoms with Crippen LogP contribution in [0.15, 0.2) is 53.9 Å². The molecule has 4 rings (SSSR count). The van der Waals surface area contributed by atoms with Crippen LogP contribution < -0.4 is 15.5 Å². The monoisotopic (exact) mass is 434 g/mol. The maximum absolute atomic E-state index is 9.33. The van der Waals surface area contributed by atoms with Crippen molar-refractivity contribution in [1.29, 1.82) is 0 Å². The van der Waals surface area contributed by atoms with E-state index in [1.165, 1.54) is 6.20 Å². The van der Waals surface area contributed by atoms with Gasteiger partial charge in [-0.1, -0.05) is 29.8 Å². The van der Waals surface area contributed by atoms with E-state index >= 15 is 0 Å². The summed E-state index contributed by atoms with van der Waals surface area (Å²) in [6, 6.07) is 11.7. The molecule has 1 aliphatic heterocycles. The van der Waals surface area contributed by atoms with E-state index in [9.17, 15) is 5.11 Å². The molecule has 1 unspecified atom stereocenters. The number of rotatable bonds is 8. The number of ether oxygens (including phenoxy) is 2. The smallest absolute Gasteiger partial charge is 0.318 e. The van der Waals surface area contributed by atoms with Gasteiger partial charge in [-0.3, -0.25) is 10.4 Å². The Kier molecular flexibility index (Phi) is 7.21. The fraction of sp³-hybridized carbons (Fsp3) is 0.304. The molecular weight excluding hydrogens is 408 g/mol. The van der Waals surface area contributed by atoms with Crippen LogP contribution >= 0.6 is 0 Å². The van der Waals surface area contributed by atoms with Crippen molar-refractivity contribution in [3.05, 3.63) is 71.2 Å². The highest BCUT2D eigenvalue weighted by Crippen LogP contribution is 2.26. The average Bonchev–Trinajstić information content (AvgIpc) is 2.81. The van der Waals surface area contributed by atoms with E-state index in [4.69, 9.17) is 9.47 Å². The standard InChI is InChI=1S/C23H26N6O3/c1-16-3-2-4-17(11-16)12-27-29-22-20(21-15-24-8-10-31-21)14-26-23(28-22)32-9-7-18-5-6-19(30)13-25-18/h2-6,11-14,21,24,30H,7-10,15H2,1H3,(H,26,28,29). The minimum atomic E-state index is -0.171. The van der Waals surface area contributed by atoms with Gasteiger partial charge in [0.25, 0.3) is 0 Å². The number of benzene rings is 1. The normalized spacial score (nSPS) is 16.2. The van der Waals surface area contributed by atoms with E-state index in [2.05, 4.69) is 30.8 Å². The van der Waals surface area contributed by atoms with Crippen molar-refractivity contribution in [3.63, 3.8) is 0 Å². The molecule has 0 amide bonds. The first-order valence-corrected chi connectivity index (χ1v) is 10.5. The maximum Gasteiger partial charge on any atom is 0.318 e. The highest BCUT2D eigenvalue weighted by Gasteiger charge is 2.21. The quantitative estimate of drug-likeness (QED) is 0.366. The SMILES string of the molecule is Cc1cccc(C=NNc2nc(OCCc3ccc(O)cn3)ncc2C2CNCCO2)c1. The van der Waals surface area contributed by atoms with E-state index in [0.717, 1.165) is 28.9 Å². The number of morpholine rings is 1. The summed E-state index contributed by atoms with van der Waals surface area (Å²) in [5.41, 5.74) is 6.79. The number of aromatic nitrogens is 3. The Morgan fingerprint density at radius 3 is 3.00 bits per heavy atom. The number of hydrogen-bond acceptors (Lipinski definition) is 9. The molecule has 0 radical (unpaired) electrons. The lowest BCUT2D eigenvalue weighted by molar-refractivity contribution is 0.0276. The molecule has 3 heterocycles.